The number of para-hydroxylation sites is 1. The number of carbonyl (C=O) groups excluding carboxylic acids is 2. The van der Waals surface area contributed by atoms with Gasteiger partial charge in [-0.15, -0.1) is 0 Å². The molecular weight excluding hydrogens is 324 g/mol. The van der Waals surface area contributed by atoms with E-state index in [4.69, 9.17) is 0 Å². The molecule has 2 aromatic rings. The number of rotatable bonds is 5. The summed E-state index contributed by atoms with van der Waals surface area (Å²) >= 11 is 0. The van der Waals surface area contributed by atoms with Gasteiger partial charge in [0.2, 0.25) is 11.8 Å². The zero-order chi connectivity index (χ0) is 18.8. The molecule has 2 unspecified atom stereocenters. The van der Waals surface area contributed by atoms with Crippen LogP contribution in [0.15, 0.2) is 36.4 Å². The summed E-state index contributed by atoms with van der Waals surface area (Å²) in [6.07, 6.45) is 1.47. The highest BCUT2D eigenvalue weighted by atomic mass is 16.2. The molecule has 1 fully saturated rings. The fourth-order valence-corrected chi connectivity index (χ4v) is 3.25. The molecule has 1 aliphatic rings. The Morgan fingerprint density at radius 1 is 0.923 bits per heavy atom. The molecule has 4 heteroatoms. The Labute approximate surface area is 155 Å². The number of amides is 2. The van der Waals surface area contributed by atoms with E-state index in [1.54, 1.807) is 0 Å². The lowest BCUT2D eigenvalue weighted by Gasteiger charge is -2.13. The second kappa shape index (κ2) is 7.32. The standard InChI is InChI=1S/C22H26N2O2/c1-5-16-8-6-7-14(3)20(16)24-22(26)19-12-18(19)21(25)23-17-10-9-13(2)15(4)11-17/h6-11,18-19H,5,12H2,1-4H3,(H,23,25)(H,24,26). The molecule has 1 aliphatic carbocycles. The van der Waals surface area contributed by atoms with E-state index in [1.807, 2.05) is 57.2 Å². The minimum atomic E-state index is -0.245. The number of hydrogen-bond acceptors (Lipinski definition) is 2. The summed E-state index contributed by atoms with van der Waals surface area (Å²) in [5.41, 5.74) is 6.18. The molecule has 2 aromatic carbocycles. The van der Waals surface area contributed by atoms with Gasteiger partial charge in [0.1, 0.15) is 0 Å². The number of benzene rings is 2. The fourth-order valence-electron chi connectivity index (χ4n) is 3.25. The Balaban J connectivity index is 1.62. The summed E-state index contributed by atoms with van der Waals surface area (Å²) in [5, 5.41) is 5.97. The van der Waals surface area contributed by atoms with Crippen LogP contribution >= 0.6 is 0 Å². The number of anilines is 2. The van der Waals surface area contributed by atoms with Crippen LogP contribution in [-0.2, 0) is 16.0 Å². The lowest BCUT2D eigenvalue weighted by Crippen LogP contribution is -2.21. The van der Waals surface area contributed by atoms with E-state index in [-0.39, 0.29) is 23.7 Å². The molecule has 2 atom stereocenters. The number of aryl methyl sites for hydroxylation is 4. The van der Waals surface area contributed by atoms with Crippen molar-refractivity contribution in [1.29, 1.82) is 0 Å². The molecule has 0 saturated heterocycles. The molecule has 0 heterocycles. The van der Waals surface area contributed by atoms with Crippen LogP contribution in [0.5, 0.6) is 0 Å². The van der Waals surface area contributed by atoms with Gasteiger partial charge in [0.25, 0.3) is 0 Å². The molecular formula is C22H26N2O2. The van der Waals surface area contributed by atoms with E-state index in [2.05, 4.69) is 17.6 Å². The van der Waals surface area contributed by atoms with E-state index < -0.39 is 0 Å². The van der Waals surface area contributed by atoms with Crippen LogP contribution in [0.2, 0.25) is 0 Å². The summed E-state index contributed by atoms with van der Waals surface area (Å²) in [7, 11) is 0. The Morgan fingerprint density at radius 3 is 2.27 bits per heavy atom. The summed E-state index contributed by atoms with van der Waals surface area (Å²) in [6.45, 7) is 8.12. The lowest BCUT2D eigenvalue weighted by atomic mass is 10.1. The molecule has 0 spiro atoms. The van der Waals surface area contributed by atoms with Crippen molar-refractivity contribution < 1.29 is 9.59 Å². The van der Waals surface area contributed by atoms with Gasteiger partial charge in [0.15, 0.2) is 0 Å². The predicted octanol–water partition coefficient (Wildman–Crippen LogP) is 4.39. The molecule has 2 amide bonds. The first-order chi connectivity index (χ1) is 12.4. The van der Waals surface area contributed by atoms with Crippen molar-refractivity contribution in [2.24, 2.45) is 11.8 Å². The Bertz CT molecular complexity index is 857. The summed E-state index contributed by atoms with van der Waals surface area (Å²) < 4.78 is 0. The third kappa shape index (κ3) is 3.79. The van der Waals surface area contributed by atoms with Crippen molar-refractivity contribution >= 4 is 23.2 Å². The van der Waals surface area contributed by atoms with Crippen LogP contribution in [0, 0.1) is 32.6 Å². The van der Waals surface area contributed by atoms with Gasteiger partial charge in [0.05, 0.1) is 11.8 Å². The topological polar surface area (TPSA) is 58.2 Å². The zero-order valence-corrected chi connectivity index (χ0v) is 15.8. The van der Waals surface area contributed by atoms with Gasteiger partial charge in [-0.1, -0.05) is 31.2 Å². The van der Waals surface area contributed by atoms with Crippen LogP contribution in [0.1, 0.15) is 35.6 Å². The van der Waals surface area contributed by atoms with Crippen molar-refractivity contribution in [1.82, 2.24) is 0 Å². The van der Waals surface area contributed by atoms with Crippen LogP contribution in [0.25, 0.3) is 0 Å². The second-order valence-electron chi connectivity index (χ2n) is 7.19. The molecule has 3 rings (SSSR count). The highest BCUT2D eigenvalue weighted by Crippen LogP contribution is 2.40. The minimum Gasteiger partial charge on any atom is -0.326 e. The van der Waals surface area contributed by atoms with Gasteiger partial charge in [-0.05, 0) is 68.0 Å². The normalized spacial score (nSPS) is 18.3. The van der Waals surface area contributed by atoms with Crippen molar-refractivity contribution in [2.75, 3.05) is 10.6 Å². The molecule has 26 heavy (non-hydrogen) atoms. The van der Waals surface area contributed by atoms with E-state index in [9.17, 15) is 9.59 Å². The molecule has 1 saturated carbocycles. The first kappa shape index (κ1) is 18.2. The quantitative estimate of drug-likeness (QED) is 0.840. The smallest absolute Gasteiger partial charge is 0.228 e. The first-order valence-corrected chi connectivity index (χ1v) is 9.18. The molecule has 136 valence electrons. The van der Waals surface area contributed by atoms with Crippen molar-refractivity contribution in [2.45, 2.75) is 40.5 Å². The molecule has 0 radical (unpaired) electrons. The van der Waals surface area contributed by atoms with Gasteiger partial charge in [-0.2, -0.15) is 0 Å². The third-order valence-electron chi connectivity index (χ3n) is 5.23. The Kier molecular flexibility index (Phi) is 5.12. The highest BCUT2D eigenvalue weighted by Gasteiger charge is 2.48. The Morgan fingerprint density at radius 2 is 1.62 bits per heavy atom. The van der Waals surface area contributed by atoms with Crippen molar-refractivity contribution in [3.63, 3.8) is 0 Å². The summed E-state index contributed by atoms with van der Waals surface area (Å²) in [6, 6.07) is 11.9. The molecule has 0 aliphatic heterocycles. The first-order valence-electron chi connectivity index (χ1n) is 9.18. The number of carbonyl (C=O) groups is 2. The second-order valence-corrected chi connectivity index (χ2v) is 7.19. The van der Waals surface area contributed by atoms with Crippen molar-refractivity contribution in [3.8, 4) is 0 Å². The van der Waals surface area contributed by atoms with Gasteiger partial charge in [0, 0.05) is 11.4 Å². The van der Waals surface area contributed by atoms with Crippen LogP contribution < -0.4 is 10.6 Å². The van der Waals surface area contributed by atoms with E-state index >= 15 is 0 Å². The van der Waals surface area contributed by atoms with Crippen LogP contribution in [0.4, 0.5) is 11.4 Å². The average Bonchev–Trinajstić information content (AvgIpc) is 3.41. The third-order valence-corrected chi connectivity index (χ3v) is 5.23. The molecule has 0 aromatic heterocycles. The van der Waals surface area contributed by atoms with Crippen LogP contribution in [0.3, 0.4) is 0 Å². The summed E-state index contributed by atoms with van der Waals surface area (Å²) in [5.74, 6) is -0.625. The van der Waals surface area contributed by atoms with E-state index in [0.29, 0.717) is 6.42 Å². The predicted molar refractivity (Wildman–Crippen MR) is 105 cm³/mol. The van der Waals surface area contributed by atoms with E-state index in [1.165, 1.54) is 5.56 Å². The van der Waals surface area contributed by atoms with Crippen molar-refractivity contribution in [3.05, 3.63) is 58.7 Å². The molecule has 2 N–H and O–H groups in total. The van der Waals surface area contributed by atoms with E-state index in [0.717, 1.165) is 34.5 Å². The average molecular weight is 350 g/mol. The molecule has 4 nitrogen and oxygen atoms in total. The van der Waals surface area contributed by atoms with Gasteiger partial charge in [-0.25, -0.2) is 0 Å². The maximum atomic E-state index is 12.6. The summed E-state index contributed by atoms with van der Waals surface area (Å²) in [4.78, 5) is 25.0. The fraction of sp³-hybridized carbons (Fsp3) is 0.364. The molecule has 0 bridgehead atoms. The SMILES string of the molecule is CCc1cccc(C)c1NC(=O)C1CC1C(=O)Nc1ccc(C)c(C)c1. The van der Waals surface area contributed by atoms with Gasteiger partial charge < -0.3 is 10.6 Å². The largest absolute Gasteiger partial charge is 0.326 e. The van der Waals surface area contributed by atoms with Gasteiger partial charge in [-0.3, -0.25) is 9.59 Å². The highest BCUT2D eigenvalue weighted by molar-refractivity contribution is 6.03. The maximum Gasteiger partial charge on any atom is 0.228 e. The minimum absolute atomic E-state index is 0.0609. The number of hydrogen-bond donors (Lipinski definition) is 2. The van der Waals surface area contributed by atoms with Gasteiger partial charge >= 0.3 is 0 Å². The number of nitrogens with one attached hydrogen (secondary N) is 2. The van der Waals surface area contributed by atoms with Crippen LogP contribution in [-0.4, -0.2) is 11.8 Å². The Hall–Kier alpha value is -2.62. The monoisotopic (exact) mass is 350 g/mol. The maximum absolute atomic E-state index is 12.6. The zero-order valence-electron chi connectivity index (χ0n) is 15.8. The lowest BCUT2D eigenvalue weighted by molar-refractivity contribution is -0.122.